The molecule has 0 aliphatic heterocycles. The monoisotopic (exact) mass is 237 g/mol. The van der Waals surface area contributed by atoms with Crippen molar-refractivity contribution in [1.82, 2.24) is 4.98 Å². The zero-order chi connectivity index (χ0) is 12.6. The highest BCUT2D eigenvalue weighted by Gasteiger charge is 2.02. The number of benzene rings is 1. The molecule has 1 aromatic carbocycles. The summed E-state index contributed by atoms with van der Waals surface area (Å²) >= 11 is 0. The van der Waals surface area contributed by atoms with Gasteiger partial charge in [-0.1, -0.05) is 41.6 Å². The van der Waals surface area contributed by atoms with Crippen LogP contribution in [0.5, 0.6) is 0 Å². The molecule has 0 saturated carbocycles. The summed E-state index contributed by atoms with van der Waals surface area (Å²) in [5.74, 6) is 0. The zero-order valence-corrected chi connectivity index (χ0v) is 9.65. The molecule has 18 heavy (non-hydrogen) atoms. The molecule has 88 valence electrons. The van der Waals surface area contributed by atoms with Crippen molar-refractivity contribution in [1.29, 1.82) is 5.26 Å². The maximum Gasteiger partial charge on any atom is 0.186 e. The molecule has 0 N–H and O–H groups in total. The molecule has 1 heterocycles. The van der Waals surface area contributed by atoms with E-state index in [9.17, 15) is 0 Å². The largest absolute Gasteiger partial charge is 0.388 e. The van der Waals surface area contributed by atoms with Gasteiger partial charge in [-0.05, 0) is 12.1 Å². The first-order valence-corrected chi connectivity index (χ1v) is 5.45. The maximum atomic E-state index is 9.00. The van der Waals surface area contributed by atoms with Gasteiger partial charge in [0.25, 0.3) is 0 Å². The fourth-order valence-corrected chi connectivity index (χ4v) is 1.38. The second-order valence-corrected chi connectivity index (χ2v) is 3.51. The lowest BCUT2D eigenvalue weighted by Gasteiger charge is -2.00. The summed E-state index contributed by atoms with van der Waals surface area (Å²) in [7, 11) is 0. The lowest BCUT2D eigenvalue weighted by Crippen LogP contribution is -1.99. The predicted octanol–water partition coefficient (Wildman–Crippen LogP) is 2.53. The predicted molar refractivity (Wildman–Crippen MR) is 67.6 cm³/mol. The number of oxime groups is 1. The molecular formula is C14H11N3O. The molecule has 0 aliphatic carbocycles. The highest BCUT2D eigenvalue weighted by atomic mass is 16.6. The van der Waals surface area contributed by atoms with Gasteiger partial charge in [0.1, 0.15) is 6.07 Å². The summed E-state index contributed by atoms with van der Waals surface area (Å²) in [5.41, 5.74) is 1.76. The van der Waals surface area contributed by atoms with Crippen LogP contribution >= 0.6 is 0 Å². The van der Waals surface area contributed by atoms with Gasteiger partial charge in [-0.2, -0.15) is 5.26 Å². The molecule has 0 unspecified atom stereocenters. The Bertz CT molecular complexity index is 559. The number of hydrogen-bond acceptors (Lipinski definition) is 4. The van der Waals surface area contributed by atoms with Crippen molar-refractivity contribution >= 4 is 5.71 Å². The Labute approximate surface area is 105 Å². The fraction of sp³-hybridized carbons (Fsp3) is 0.0714. The normalized spacial score (nSPS) is 10.7. The van der Waals surface area contributed by atoms with Crippen molar-refractivity contribution in [3.8, 4) is 6.07 Å². The van der Waals surface area contributed by atoms with E-state index in [1.807, 2.05) is 54.6 Å². The molecular weight excluding hydrogens is 226 g/mol. The molecule has 0 fully saturated rings. The average molecular weight is 237 g/mol. The van der Waals surface area contributed by atoms with Gasteiger partial charge in [0.2, 0.25) is 0 Å². The summed E-state index contributed by atoms with van der Waals surface area (Å²) in [6.45, 7) is 0.249. The highest BCUT2D eigenvalue weighted by molar-refractivity contribution is 6.11. The molecule has 4 nitrogen and oxygen atoms in total. The molecule has 2 aromatic rings. The number of aromatic nitrogens is 1. The quantitative estimate of drug-likeness (QED) is 0.606. The Morgan fingerprint density at radius 2 is 1.94 bits per heavy atom. The summed E-state index contributed by atoms with van der Waals surface area (Å²) in [5, 5.41) is 12.8. The number of nitrogens with zero attached hydrogens (tertiary/aromatic N) is 3. The van der Waals surface area contributed by atoms with Gasteiger partial charge in [0.15, 0.2) is 12.3 Å². The molecule has 0 radical (unpaired) electrons. The van der Waals surface area contributed by atoms with Gasteiger partial charge >= 0.3 is 0 Å². The lowest BCUT2D eigenvalue weighted by atomic mass is 10.1. The third kappa shape index (κ3) is 3.16. The van der Waals surface area contributed by atoms with E-state index < -0.39 is 0 Å². The van der Waals surface area contributed by atoms with Crippen LogP contribution in [0.25, 0.3) is 0 Å². The van der Waals surface area contributed by atoms with E-state index in [0.717, 1.165) is 11.3 Å². The first kappa shape index (κ1) is 11.8. The average Bonchev–Trinajstić information content (AvgIpc) is 2.46. The molecule has 4 heteroatoms. The van der Waals surface area contributed by atoms with E-state index in [4.69, 9.17) is 10.1 Å². The second kappa shape index (κ2) is 6.16. The summed E-state index contributed by atoms with van der Waals surface area (Å²) < 4.78 is 0. The standard InChI is InChI=1S/C14H11N3O/c15-10-14(12-6-2-1-3-7-12)17-18-11-13-8-4-5-9-16-13/h1-9H,11H2. The van der Waals surface area contributed by atoms with Crippen LogP contribution in [0.15, 0.2) is 59.9 Å². The number of hydrogen-bond donors (Lipinski definition) is 0. The Morgan fingerprint density at radius 1 is 1.17 bits per heavy atom. The third-order valence-corrected chi connectivity index (χ3v) is 2.25. The smallest absolute Gasteiger partial charge is 0.186 e. The van der Waals surface area contributed by atoms with Crippen molar-refractivity contribution < 1.29 is 4.84 Å². The van der Waals surface area contributed by atoms with E-state index >= 15 is 0 Å². The van der Waals surface area contributed by atoms with Gasteiger partial charge in [0.05, 0.1) is 5.69 Å². The maximum absolute atomic E-state index is 9.00. The van der Waals surface area contributed by atoms with Gasteiger partial charge in [0, 0.05) is 11.8 Å². The minimum Gasteiger partial charge on any atom is -0.388 e. The van der Waals surface area contributed by atoms with Crippen LogP contribution in [-0.2, 0) is 11.4 Å². The number of pyridine rings is 1. The minimum absolute atomic E-state index is 0.249. The van der Waals surface area contributed by atoms with Crippen molar-refractivity contribution in [2.75, 3.05) is 0 Å². The van der Waals surface area contributed by atoms with Gasteiger partial charge in [-0.3, -0.25) is 4.98 Å². The van der Waals surface area contributed by atoms with Crippen molar-refractivity contribution in [3.05, 3.63) is 66.0 Å². The summed E-state index contributed by atoms with van der Waals surface area (Å²) in [6, 6.07) is 16.8. The van der Waals surface area contributed by atoms with Crippen LogP contribution in [0.2, 0.25) is 0 Å². The Morgan fingerprint density at radius 3 is 2.61 bits per heavy atom. The van der Waals surface area contributed by atoms with Crippen LogP contribution in [0.4, 0.5) is 0 Å². The SMILES string of the molecule is N#CC(=NOCc1ccccn1)c1ccccc1. The molecule has 2 rings (SSSR count). The van der Waals surface area contributed by atoms with Crippen LogP contribution < -0.4 is 0 Å². The summed E-state index contributed by atoms with van der Waals surface area (Å²) in [4.78, 5) is 9.23. The van der Waals surface area contributed by atoms with E-state index in [2.05, 4.69) is 10.1 Å². The van der Waals surface area contributed by atoms with Gasteiger partial charge in [-0.25, -0.2) is 0 Å². The second-order valence-electron chi connectivity index (χ2n) is 3.51. The van der Waals surface area contributed by atoms with Crippen LogP contribution in [0, 0.1) is 11.3 Å². The fourth-order valence-electron chi connectivity index (χ4n) is 1.38. The Hall–Kier alpha value is -2.67. The van der Waals surface area contributed by atoms with Crippen LogP contribution in [0.3, 0.4) is 0 Å². The molecule has 0 bridgehead atoms. The first-order valence-electron chi connectivity index (χ1n) is 5.45. The summed E-state index contributed by atoms with van der Waals surface area (Å²) in [6.07, 6.45) is 1.69. The Kier molecular flexibility index (Phi) is 4.04. The molecule has 0 aliphatic rings. The molecule has 0 spiro atoms. The Balaban J connectivity index is 2.02. The number of nitriles is 1. The molecule has 1 aromatic heterocycles. The first-order chi connectivity index (χ1) is 8.90. The lowest BCUT2D eigenvalue weighted by molar-refractivity contribution is 0.128. The number of rotatable bonds is 4. The van der Waals surface area contributed by atoms with Crippen molar-refractivity contribution in [2.45, 2.75) is 6.61 Å². The highest BCUT2D eigenvalue weighted by Crippen LogP contribution is 2.02. The molecule has 0 atom stereocenters. The van der Waals surface area contributed by atoms with Crippen LogP contribution in [-0.4, -0.2) is 10.7 Å². The third-order valence-electron chi connectivity index (χ3n) is 2.25. The van der Waals surface area contributed by atoms with Crippen molar-refractivity contribution in [2.24, 2.45) is 5.16 Å². The zero-order valence-electron chi connectivity index (χ0n) is 9.65. The van der Waals surface area contributed by atoms with Gasteiger partial charge in [-0.15, -0.1) is 0 Å². The van der Waals surface area contributed by atoms with Crippen molar-refractivity contribution in [3.63, 3.8) is 0 Å². The molecule has 0 saturated heterocycles. The molecule has 0 amide bonds. The van der Waals surface area contributed by atoms with E-state index in [-0.39, 0.29) is 12.3 Å². The van der Waals surface area contributed by atoms with E-state index in [1.54, 1.807) is 6.20 Å². The topological polar surface area (TPSA) is 58.3 Å². The van der Waals surface area contributed by atoms with E-state index in [0.29, 0.717) is 0 Å². The van der Waals surface area contributed by atoms with Gasteiger partial charge < -0.3 is 4.84 Å². The van der Waals surface area contributed by atoms with E-state index in [1.165, 1.54) is 0 Å². The minimum atomic E-state index is 0.249. The van der Waals surface area contributed by atoms with Crippen LogP contribution in [0.1, 0.15) is 11.3 Å².